The molecule has 0 fully saturated rings. The first kappa shape index (κ1) is 24.1. The van der Waals surface area contributed by atoms with Crippen molar-refractivity contribution in [2.75, 3.05) is 0 Å². The summed E-state index contributed by atoms with van der Waals surface area (Å²) in [5, 5.41) is 3.70. The number of rotatable bonds is 3. The maximum atomic E-state index is 4.74. The molecule has 0 bridgehead atoms. The van der Waals surface area contributed by atoms with Crippen LogP contribution in [0.5, 0.6) is 0 Å². The fraction of sp³-hybridized carbons (Fsp3) is 0.167. The fourth-order valence-corrected chi connectivity index (χ4v) is 5.33. The predicted octanol–water partition coefficient (Wildman–Crippen LogP) is 9.70. The van der Waals surface area contributed by atoms with Crippen molar-refractivity contribution in [2.24, 2.45) is 0 Å². The van der Waals surface area contributed by atoms with Gasteiger partial charge in [-0.1, -0.05) is 80.9 Å². The van der Waals surface area contributed by atoms with E-state index < -0.39 is 0 Å². The molecule has 6 aromatic rings. The zero-order valence-electron chi connectivity index (χ0n) is 22.7. The molecule has 0 aliphatic carbocycles. The van der Waals surface area contributed by atoms with Gasteiger partial charge in [-0.05, 0) is 99.8 Å². The first-order valence-corrected chi connectivity index (χ1v) is 13.2. The second-order valence-electron chi connectivity index (χ2n) is 11.3. The second-order valence-corrected chi connectivity index (χ2v) is 11.3. The maximum absolute atomic E-state index is 4.74. The Bertz CT molecular complexity index is 1810. The number of hydrogen-bond donors (Lipinski definition) is 0. The Hall–Kier alpha value is -4.30. The number of pyridine rings is 2. The first-order valence-electron chi connectivity index (χ1n) is 13.2. The third-order valence-electron chi connectivity index (χ3n) is 7.49. The van der Waals surface area contributed by atoms with Crippen LogP contribution < -0.4 is 0 Å². The quantitative estimate of drug-likeness (QED) is 0.230. The minimum Gasteiger partial charge on any atom is -0.256 e. The molecule has 0 saturated carbocycles. The normalized spacial score (nSPS) is 11.8. The lowest BCUT2D eigenvalue weighted by Gasteiger charge is -2.23. The van der Waals surface area contributed by atoms with Crippen LogP contribution in [0.15, 0.2) is 103 Å². The summed E-state index contributed by atoms with van der Waals surface area (Å²) in [5.41, 5.74) is 11.9. The summed E-state index contributed by atoms with van der Waals surface area (Å²) < 4.78 is 0. The molecule has 186 valence electrons. The molecule has 0 spiro atoms. The van der Waals surface area contributed by atoms with Gasteiger partial charge >= 0.3 is 0 Å². The zero-order valence-corrected chi connectivity index (χ0v) is 22.7. The molecule has 6 rings (SSSR count). The van der Waals surface area contributed by atoms with Gasteiger partial charge in [0.1, 0.15) is 0 Å². The second kappa shape index (κ2) is 9.22. The largest absolute Gasteiger partial charge is 0.256 e. The number of benzene rings is 4. The molecule has 2 nitrogen and oxygen atoms in total. The van der Waals surface area contributed by atoms with E-state index in [-0.39, 0.29) is 5.41 Å². The Morgan fingerprint density at radius 2 is 1.34 bits per heavy atom. The summed E-state index contributed by atoms with van der Waals surface area (Å²) in [6.07, 6.45) is 3.74. The minimum atomic E-state index is -0.00191. The van der Waals surface area contributed by atoms with Gasteiger partial charge in [0, 0.05) is 23.3 Å². The Labute approximate surface area is 225 Å². The van der Waals surface area contributed by atoms with Crippen molar-refractivity contribution < 1.29 is 0 Å². The topological polar surface area (TPSA) is 25.8 Å². The van der Waals surface area contributed by atoms with Crippen LogP contribution in [0.1, 0.15) is 37.5 Å². The molecule has 2 heteroatoms. The van der Waals surface area contributed by atoms with E-state index in [9.17, 15) is 0 Å². The molecule has 0 unspecified atom stereocenters. The number of aromatic nitrogens is 2. The summed E-state index contributed by atoms with van der Waals surface area (Å²) in [4.78, 5) is 9.34. The Morgan fingerprint density at radius 1 is 0.553 bits per heavy atom. The van der Waals surface area contributed by atoms with E-state index in [1.807, 2.05) is 30.6 Å². The standard InChI is InChI=1S/C36H32N2/c1-23-11-14-29-30-9-8-16-38-35(30)22-32(33(29)17-23)27-18-26(19-28(20-27)36(3,4)5)31-21-25(13-12-24(31)2)34-10-6-7-15-37-34/h6-22H,1-5H3. The van der Waals surface area contributed by atoms with Gasteiger partial charge in [0.25, 0.3) is 0 Å². The van der Waals surface area contributed by atoms with E-state index >= 15 is 0 Å². The van der Waals surface area contributed by atoms with E-state index in [1.165, 1.54) is 55.1 Å². The van der Waals surface area contributed by atoms with Gasteiger partial charge in [-0.25, -0.2) is 0 Å². The predicted molar refractivity (Wildman–Crippen MR) is 162 cm³/mol. The molecule has 0 saturated heterocycles. The minimum absolute atomic E-state index is 0.00191. The average molecular weight is 493 g/mol. The van der Waals surface area contributed by atoms with Gasteiger partial charge in [-0.3, -0.25) is 9.97 Å². The summed E-state index contributed by atoms with van der Waals surface area (Å²) in [5.74, 6) is 0. The van der Waals surface area contributed by atoms with Crippen LogP contribution in [0.25, 0.3) is 55.2 Å². The molecule has 4 aromatic carbocycles. The van der Waals surface area contributed by atoms with Gasteiger partial charge in [-0.15, -0.1) is 0 Å². The molecule has 0 radical (unpaired) electrons. The van der Waals surface area contributed by atoms with Crippen molar-refractivity contribution in [3.63, 3.8) is 0 Å². The van der Waals surface area contributed by atoms with Crippen molar-refractivity contribution in [1.29, 1.82) is 0 Å². The van der Waals surface area contributed by atoms with Crippen LogP contribution in [0, 0.1) is 13.8 Å². The molecule has 2 aromatic heterocycles. The van der Waals surface area contributed by atoms with Crippen LogP contribution >= 0.6 is 0 Å². The molecular formula is C36H32N2. The highest BCUT2D eigenvalue weighted by Gasteiger charge is 2.19. The Balaban J connectivity index is 1.64. The number of fused-ring (bicyclic) bond motifs is 3. The van der Waals surface area contributed by atoms with Crippen molar-refractivity contribution in [2.45, 2.75) is 40.0 Å². The lowest BCUT2D eigenvalue weighted by atomic mass is 9.82. The van der Waals surface area contributed by atoms with Crippen molar-refractivity contribution in [3.8, 4) is 33.5 Å². The summed E-state index contributed by atoms with van der Waals surface area (Å²) in [6, 6.07) is 33.0. The van der Waals surface area contributed by atoms with E-state index in [0.717, 1.165) is 16.8 Å². The molecule has 0 aliphatic heterocycles. The number of hydrogen-bond acceptors (Lipinski definition) is 2. The maximum Gasteiger partial charge on any atom is 0.0714 e. The monoisotopic (exact) mass is 492 g/mol. The highest BCUT2D eigenvalue weighted by molar-refractivity contribution is 6.13. The van der Waals surface area contributed by atoms with Crippen molar-refractivity contribution in [1.82, 2.24) is 9.97 Å². The highest BCUT2D eigenvalue weighted by atomic mass is 14.7. The molecule has 0 amide bonds. The highest BCUT2D eigenvalue weighted by Crippen LogP contribution is 2.40. The third-order valence-corrected chi connectivity index (χ3v) is 7.49. The molecule has 2 heterocycles. The first-order chi connectivity index (χ1) is 18.3. The molecule has 38 heavy (non-hydrogen) atoms. The van der Waals surface area contributed by atoms with Crippen LogP contribution in [0.3, 0.4) is 0 Å². The van der Waals surface area contributed by atoms with Crippen molar-refractivity contribution >= 4 is 21.7 Å². The SMILES string of the molecule is Cc1ccc2c(c1)c(-c1cc(-c3cc(-c4ccccn4)ccc3C)cc(C(C)(C)C)c1)cc1ncccc12. The summed E-state index contributed by atoms with van der Waals surface area (Å²) in [7, 11) is 0. The Morgan fingerprint density at radius 3 is 2.11 bits per heavy atom. The van der Waals surface area contributed by atoms with E-state index in [0.29, 0.717) is 0 Å². The lowest BCUT2D eigenvalue weighted by molar-refractivity contribution is 0.590. The zero-order chi connectivity index (χ0) is 26.4. The lowest BCUT2D eigenvalue weighted by Crippen LogP contribution is -2.11. The smallest absolute Gasteiger partial charge is 0.0714 e. The van der Waals surface area contributed by atoms with Gasteiger partial charge in [0.05, 0.1) is 11.2 Å². The van der Waals surface area contributed by atoms with E-state index in [4.69, 9.17) is 4.98 Å². The van der Waals surface area contributed by atoms with Gasteiger partial charge < -0.3 is 0 Å². The molecule has 0 atom stereocenters. The number of aryl methyl sites for hydroxylation is 2. The summed E-state index contributed by atoms with van der Waals surface area (Å²) >= 11 is 0. The van der Waals surface area contributed by atoms with Crippen LogP contribution in [0.2, 0.25) is 0 Å². The van der Waals surface area contributed by atoms with Crippen molar-refractivity contribution in [3.05, 3.63) is 120 Å². The van der Waals surface area contributed by atoms with Crippen LogP contribution in [0.4, 0.5) is 0 Å². The van der Waals surface area contributed by atoms with E-state index in [1.54, 1.807) is 0 Å². The van der Waals surface area contributed by atoms with Gasteiger partial charge in [0.2, 0.25) is 0 Å². The van der Waals surface area contributed by atoms with Crippen LogP contribution in [-0.2, 0) is 5.41 Å². The van der Waals surface area contributed by atoms with Crippen LogP contribution in [-0.4, -0.2) is 9.97 Å². The molecule has 0 N–H and O–H groups in total. The third kappa shape index (κ3) is 4.37. The molecule has 0 aliphatic rings. The molecular weight excluding hydrogens is 460 g/mol. The number of nitrogens with zero attached hydrogens (tertiary/aromatic N) is 2. The Kier molecular flexibility index (Phi) is 5.84. The van der Waals surface area contributed by atoms with E-state index in [2.05, 4.69) is 112 Å². The van der Waals surface area contributed by atoms with Gasteiger partial charge in [-0.2, -0.15) is 0 Å². The van der Waals surface area contributed by atoms with Gasteiger partial charge in [0.15, 0.2) is 0 Å². The average Bonchev–Trinajstić information content (AvgIpc) is 2.92. The summed E-state index contributed by atoms with van der Waals surface area (Å²) in [6.45, 7) is 11.2. The fourth-order valence-electron chi connectivity index (χ4n) is 5.33.